The minimum atomic E-state index is -0.500. The summed E-state index contributed by atoms with van der Waals surface area (Å²) in [5, 5.41) is 11.6. The van der Waals surface area contributed by atoms with Gasteiger partial charge in [-0.05, 0) is 12.1 Å². The van der Waals surface area contributed by atoms with E-state index in [1.165, 1.54) is 11.8 Å². The first kappa shape index (κ1) is 18.0. The van der Waals surface area contributed by atoms with Crippen LogP contribution in [-0.4, -0.2) is 53.7 Å². The molecule has 2 rings (SSSR count). The molecule has 130 valence electrons. The van der Waals surface area contributed by atoms with Crippen molar-refractivity contribution in [1.82, 2.24) is 15.1 Å². The lowest BCUT2D eigenvalue weighted by atomic mass is 10.1. The number of rotatable bonds is 3. The summed E-state index contributed by atoms with van der Waals surface area (Å²) in [5.41, 5.74) is 6.11. The summed E-state index contributed by atoms with van der Waals surface area (Å²) < 4.78 is 0. The summed E-state index contributed by atoms with van der Waals surface area (Å²) >= 11 is 0. The summed E-state index contributed by atoms with van der Waals surface area (Å²) in [7, 11) is 0. The third kappa shape index (κ3) is 4.35. The van der Waals surface area contributed by atoms with Crippen LogP contribution >= 0.6 is 0 Å². The van der Waals surface area contributed by atoms with Crippen LogP contribution < -0.4 is 11.1 Å². The van der Waals surface area contributed by atoms with Crippen molar-refractivity contribution in [1.29, 1.82) is 5.26 Å². The normalized spacial score (nSPS) is 14.6. The van der Waals surface area contributed by atoms with Crippen molar-refractivity contribution in [2.24, 2.45) is 0 Å². The number of anilines is 1. The topological polar surface area (TPSA) is 120 Å². The average molecular weight is 341 g/mol. The Morgan fingerprint density at radius 3 is 2.32 bits per heavy atom. The third-order valence-electron chi connectivity index (χ3n) is 3.92. The fraction of sp³-hybridized carbons (Fsp3) is 0.294. The first-order valence-electron chi connectivity index (χ1n) is 7.74. The average Bonchev–Trinajstić information content (AvgIpc) is 2.62. The molecule has 1 aliphatic rings. The molecule has 3 N–H and O–H groups in total. The zero-order valence-electron chi connectivity index (χ0n) is 13.9. The van der Waals surface area contributed by atoms with Gasteiger partial charge in [0.15, 0.2) is 0 Å². The van der Waals surface area contributed by atoms with Crippen LogP contribution in [-0.2, 0) is 9.59 Å². The zero-order chi connectivity index (χ0) is 18.4. The predicted octanol–water partition coefficient (Wildman–Crippen LogP) is 0.0968. The van der Waals surface area contributed by atoms with Gasteiger partial charge in [0, 0.05) is 45.0 Å². The maximum atomic E-state index is 12.4. The minimum Gasteiger partial charge on any atom is -0.398 e. The van der Waals surface area contributed by atoms with E-state index in [1.54, 1.807) is 35.2 Å². The molecule has 1 aromatic rings. The second-order valence-electron chi connectivity index (χ2n) is 5.53. The van der Waals surface area contributed by atoms with Crippen LogP contribution in [0.25, 0.3) is 0 Å². The molecule has 1 aliphatic heterocycles. The Morgan fingerprint density at radius 2 is 1.76 bits per heavy atom. The number of carbonyl (C=O) groups is 3. The first-order chi connectivity index (χ1) is 11.9. The van der Waals surface area contributed by atoms with E-state index in [0.717, 1.165) is 6.20 Å². The van der Waals surface area contributed by atoms with Crippen molar-refractivity contribution < 1.29 is 14.4 Å². The molecule has 0 unspecified atom stereocenters. The number of hydrogen-bond donors (Lipinski definition) is 2. The Labute approximate surface area is 145 Å². The van der Waals surface area contributed by atoms with Gasteiger partial charge in [0.25, 0.3) is 11.8 Å². The Bertz CT molecular complexity index is 758. The van der Waals surface area contributed by atoms with Crippen molar-refractivity contribution in [3.05, 3.63) is 41.6 Å². The highest BCUT2D eigenvalue weighted by molar-refractivity contribution is 6.01. The Balaban J connectivity index is 2.02. The SMILES string of the molecule is CC(=O)N1CCN(C(=O)/C(C#N)=C\NC(=O)c2ccccc2N)CC1. The van der Waals surface area contributed by atoms with Gasteiger partial charge in [-0.25, -0.2) is 0 Å². The first-order valence-corrected chi connectivity index (χ1v) is 7.74. The van der Waals surface area contributed by atoms with Crippen molar-refractivity contribution in [2.45, 2.75) is 6.92 Å². The van der Waals surface area contributed by atoms with Gasteiger partial charge in [-0.3, -0.25) is 14.4 Å². The number of piperazine rings is 1. The maximum Gasteiger partial charge on any atom is 0.266 e. The zero-order valence-corrected chi connectivity index (χ0v) is 13.9. The van der Waals surface area contributed by atoms with Gasteiger partial charge in [-0.15, -0.1) is 0 Å². The van der Waals surface area contributed by atoms with E-state index in [-0.39, 0.29) is 17.0 Å². The monoisotopic (exact) mass is 341 g/mol. The number of amides is 3. The molecular weight excluding hydrogens is 322 g/mol. The van der Waals surface area contributed by atoms with Crippen LogP contribution in [0.4, 0.5) is 5.69 Å². The van der Waals surface area contributed by atoms with E-state index >= 15 is 0 Å². The van der Waals surface area contributed by atoms with Gasteiger partial charge in [0.1, 0.15) is 11.6 Å². The summed E-state index contributed by atoms with van der Waals surface area (Å²) in [6.45, 7) is 3.01. The molecule has 0 bridgehead atoms. The predicted molar refractivity (Wildman–Crippen MR) is 90.9 cm³/mol. The van der Waals surface area contributed by atoms with Crippen LogP contribution in [0.15, 0.2) is 36.0 Å². The van der Waals surface area contributed by atoms with Gasteiger partial charge < -0.3 is 20.9 Å². The number of carbonyl (C=O) groups excluding carboxylic acids is 3. The molecule has 1 fully saturated rings. The van der Waals surface area contributed by atoms with Crippen molar-refractivity contribution in [3.8, 4) is 6.07 Å². The molecule has 8 nitrogen and oxygen atoms in total. The van der Waals surface area contributed by atoms with E-state index < -0.39 is 11.8 Å². The van der Waals surface area contributed by atoms with Gasteiger partial charge in [-0.1, -0.05) is 12.1 Å². The summed E-state index contributed by atoms with van der Waals surface area (Å²) in [6.07, 6.45) is 1.09. The quantitative estimate of drug-likeness (QED) is 0.459. The standard InChI is InChI=1S/C17H19N5O3/c1-12(23)21-6-8-22(9-7-21)17(25)13(10-18)11-20-16(24)14-4-2-3-5-15(14)19/h2-5,11H,6-9,19H2,1H3,(H,20,24)/b13-11-. The largest absolute Gasteiger partial charge is 0.398 e. The van der Waals surface area contributed by atoms with E-state index in [0.29, 0.717) is 31.9 Å². The third-order valence-corrected chi connectivity index (χ3v) is 3.92. The summed E-state index contributed by atoms with van der Waals surface area (Å²) in [4.78, 5) is 38.9. The van der Waals surface area contributed by atoms with Crippen LogP contribution in [0, 0.1) is 11.3 Å². The lowest BCUT2D eigenvalue weighted by molar-refractivity contribution is -0.136. The number of nitrogens with zero attached hydrogens (tertiary/aromatic N) is 3. The summed E-state index contributed by atoms with van der Waals surface area (Å²) in [6, 6.07) is 8.30. The molecule has 25 heavy (non-hydrogen) atoms. The fourth-order valence-corrected chi connectivity index (χ4v) is 2.46. The second kappa shape index (κ2) is 7.97. The summed E-state index contributed by atoms with van der Waals surface area (Å²) in [5.74, 6) is -1.03. The van der Waals surface area contributed by atoms with E-state index in [9.17, 15) is 19.6 Å². The maximum absolute atomic E-state index is 12.4. The number of para-hydroxylation sites is 1. The highest BCUT2D eigenvalue weighted by Gasteiger charge is 2.24. The number of nitrogen functional groups attached to an aromatic ring is 1. The lowest BCUT2D eigenvalue weighted by Gasteiger charge is -2.34. The highest BCUT2D eigenvalue weighted by Crippen LogP contribution is 2.11. The lowest BCUT2D eigenvalue weighted by Crippen LogP contribution is -2.50. The molecule has 0 spiro atoms. The fourth-order valence-electron chi connectivity index (χ4n) is 2.46. The second-order valence-corrected chi connectivity index (χ2v) is 5.53. The number of benzene rings is 1. The molecule has 1 aromatic carbocycles. The number of nitriles is 1. The highest BCUT2D eigenvalue weighted by atomic mass is 16.2. The molecule has 0 aliphatic carbocycles. The van der Waals surface area contributed by atoms with E-state index in [1.807, 2.05) is 0 Å². The Kier molecular flexibility index (Phi) is 5.74. The number of hydrogen-bond acceptors (Lipinski definition) is 5. The Morgan fingerprint density at radius 1 is 1.16 bits per heavy atom. The molecule has 0 atom stereocenters. The van der Waals surface area contributed by atoms with Crippen LogP contribution in [0.3, 0.4) is 0 Å². The molecule has 3 amide bonds. The van der Waals surface area contributed by atoms with Gasteiger partial charge in [-0.2, -0.15) is 5.26 Å². The number of nitrogens with one attached hydrogen (secondary N) is 1. The minimum absolute atomic E-state index is 0.0455. The molecular formula is C17H19N5O3. The Hall–Kier alpha value is -3.34. The van der Waals surface area contributed by atoms with Crippen LogP contribution in [0.2, 0.25) is 0 Å². The van der Waals surface area contributed by atoms with Gasteiger partial charge in [0.2, 0.25) is 5.91 Å². The smallest absolute Gasteiger partial charge is 0.266 e. The molecule has 1 heterocycles. The van der Waals surface area contributed by atoms with E-state index in [2.05, 4.69) is 5.32 Å². The van der Waals surface area contributed by atoms with Gasteiger partial charge >= 0.3 is 0 Å². The van der Waals surface area contributed by atoms with Crippen LogP contribution in [0.5, 0.6) is 0 Å². The van der Waals surface area contributed by atoms with Crippen LogP contribution in [0.1, 0.15) is 17.3 Å². The van der Waals surface area contributed by atoms with Gasteiger partial charge in [0.05, 0.1) is 5.56 Å². The van der Waals surface area contributed by atoms with Crippen molar-refractivity contribution in [2.75, 3.05) is 31.9 Å². The molecule has 8 heteroatoms. The molecule has 0 saturated carbocycles. The number of nitrogens with two attached hydrogens (primary N) is 1. The molecule has 0 aromatic heterocycles. The van der Waals surface area contributed by atoms with Crippen molar-refractivity contribution in [3.63, 3.8) is 0 Å². The molecule has 1 saturated heterocycles. The molecule has 0 radical (unpaired) electrons. The van der Waals surface area contributed by atoms with E-state index in [4.69, 9.17) is 5.73 Å². The van der Waals surface area contributed by atoms with Crippen molar-refractivity contribution >= 4 is 23.4 Å².